The topological polar surface area (TPSA) is 60.9 Å². The summed E-state index contributed by atoms with van der Waals surface area (Å²) in [6.07, 6.45) is 0.755. The Hall–Kier alpha value is -1.26. The number of carboxylic acid groups (broad SMARTS) is 1. The van der Waals surface area contributed by atoms with Crippen LogP contribution in [-0.2, 0) is 4.79 Å². The average molecular weight is 216 g/mol. The Kier molecular flexibility index (Phi) is 5.74. The maximum Gasteiger partial charge on any atom is 0.323 e. The molecule has 0 saturated heterocycles. The number of amides is 2. The molecule has 0 atom stereocenters. The second-order valence-electron chi connectivity index (χ2n) is 3.80. The van der Waals surface area contributed by atoms with Crippen LogP contribution in [0.1, 0.15) is 27.2 Å². The third kappa shape index (κ3) is 4.67. The molecule has 0 bridgehead atoms. The van der Waals surface area contributed by atoms with Crippen molar-refractivity contribution >= 4 is 12.0 Å². The molecule has 0 rings (SSSR count). The number of carbonyl (C=O) groups excluding carboxylic acids is 1. The molecule has 0 aromatic heterocycles. The molecule has 0 aliphatic rings. The number of carboxylic acids is 1. The van der Waals surface area contributed by atoms with Gasteiger partial charge in [0.1, 0.15) is 6.54 Å². The minimum atomic E-state index is -0.978. The van der Waals surface area contributed by atoms with Crippen molar-refractivity contribution in [3.63, 3.8) is 0 Å². The molecule has 0 aliphatic heterocycles. The van der Waals surface area contributed by atoms with Crippen LogP contribution in [0.2, 0.25) is 0 Å². The lowest BCUT2D eigenvalue weighted by Crippen LogP contribution is -2.46. The zero-order valence-corrected chi connectivity index (χ0v) is 9.86. The van der Waals surface area contributed by atoms with E-state index in [1.165, 1.54) is 4.90 Å². The van der Waals surface area contributed by atoms with E-state index < -0.39 is 5.97 Å². The second-order valence-corrected chi connectivity index (χ2v) is 3.80. The van der Waals surface area contributed by atoms with Crippen molar-refractivity contribution in [1.29, 1.82) is 0 Å². The molecule has 0 fully saturated rings. The lowest BCUT2D eigenvalue weighted by molar-refractivity contribution is -0.137. The molecule has 5 heteroatoms. The summed E-state index contributed by atoms with van der Waals surface area (Å²) in [5, 5.41) is 8.67. The number of aliphatic carboxylic acids is 1. The SMILES string of the molecule is CCCN(CC(=O)O)C(=O)N(C)C(C)C. The van der Waals surface area contributed by atoms with Crippen LogP contribution in [0, 0.1) is 0 Å². The lowest BCUT2D eigenvalue weighted by Gasteiger charge is -2.29. The average Bonchev–Trinajstić information content (AvgIpc) is 2.14. The van der Waals surface area contributed by atoms with E-state index in [0.29, 0.717) is 6.54 Å². The number of urea groups is 1. The molecule has 0 aliphatic carbocycles. The van der Waals surface area contributed by atoms with Gasteiger partial charge in [0.15, 0.2) is 0 Å². The third-order valence-electron chi connectivity index (χ3n) is 2.17. The predicted octanol–water partition coefficient (Wildman–Crippen LogP) is 1.24. The molecule has 0 heterocycles. The van der Waals surface area contributed by atoms with E-state index in [2.05, 4.69) is 0 Å². The molecule has 5 nitrogen and oxygen atoms in total. The maximum absolute atomic E-state index is 11.8. The van der Waals surface area contributed by atoms with Gasteiger partial charge in [-0.2, -0.15) is 0 Å². The van der Waals surface area contributed by atoms with Gasteiger partial charge in [0.25, 0.3) is 0 Å². The van der Waals surface area contributed by atoms with Crippen LogP contribution in [0.3, 0.4) is 0 Å². The number of nitrogens with zero attached hydrogens (tertiary/aromatic N) is 2. The molecule has 2 amide bonds. The molecule has 0 unspecified atom stereocenters. The first kappa shape index (κ1) is 13.7. The van der Waals surface area contributed by atoms with Crippen molar-refractivity contribution in [2.75, 3.05) is 20.1 Å². The van der Waals surface area contributed by atoms with E-state index in [1.807, 2.05) is 20.8 Å². The molecule has 0 radical (unpaired) electrons. The molecular weight excluding hydrogens is 196 g/mol. The standard InChI is InChI=1S/C10H20N2O3/c1-5-6-12(7-9(13)14)10(15)11(4)8(2)3/h8H,5-7H2,1-4H3,(H,13,14). The van der Waals surface area contributed by atoms with Gasteiger partial charge in [-0.1, -0.05) is 6.92 Å². The Balaban J connectivity index is 4.47. The quantitative estimate of drug-likeness (QED) is 0.752. The Labute approximate surface area is 90.7 Å². The fourth-order valence-electron chi connectivity index (χ4n) is 1.12. The highest BCUT2D eigenvalue weighted by Gasteiger charge is 2.20. The normalized spacial score (nSPS) is 10.2. The summed E-state index contributed by atoms with van der Waals surface area (Å²) >= 11 is 0. The monoisotopic (exact) mass is 216 g/mol. The van der Waals surface area contributed by atoms with Crippen molar-refractivity contribution in [1.82, 2.24) is 9.80 Å². The fraction of sp³-hybridized carbons (Fsp3) is 0.800. The molecule has 88 valence electrons. The number of carbonyl (C=O) groups is 2. The molecule has 0 spiro atoms. The Morgan fingerprint density at radius 1 is 1.33 bits per heavy atom. The van der Waals surface area contributed by atoms with E-state index in [-0.39, 0.29) is 18.6 Å². The Morgan fingerprint density at radius 2 is 1.87 bits per heavy atom. The summed E-state index contributed by atoms with van der Waals surface area (Å²) in [6.45, 7) is 5.94. The van der Waals surface area contributed by atoms with Gasteiger partial charge in [-0.05, 0) is 20.3 Å². The van der Waals surface area contributed by atoms with Crippen LogP contribution in [0.15, 0.2) is 0 Å². The van der Waals surface area contributed by atoms with E-state index in [4.69, 9.17) is 5.11 Å². The Morgan fingerprint density at radius 3 is 2.20 bits per heavy atom. The minimum Gasteiger partial charge on any atom is -0.480 e. The fourth-order valence-corrected chi connectivity index (χ4v) is 1.12. The van der Waals surface area contributed by atoms with E-state index >= 15 is 0 Å². The highest BCUT2D eigenvalue weighted by molar-refractivity contribution is 5.80. The van der Waals surface area contributed by atoms with Gasteiger partial charge in [0.05, 0.1) is 0 Å². The van der Waals surface area contributed by atoms with Crippen molar-refractivity contribution in [2.24, 2.45) is 0 Å². The van der Waals surface area contributed by atoms with Crippen molar-refractivity contribution < 1.29 is 14.7 Å². The van der Waals surface area contributed by atoms with Crippen LogP contribution in [0.25, 0.3) is 0 Å². The minimum absolute atomic E-state index is 0.0747. The highest BCUT2D eigenvalue weighted by atomic mass is 16.4. The van der Waals surface area contributed by atoms with Crippen LogP contribution in [0.5, 0.6) is 0 Å². The molecule has 1 N–H and O–H groups in total. The molecule has 15 heavy (non-hydrogen) atoms. The smallest absolute Gasteiger partial charge is 0.323 e. The third-order valence-corrected chi connectivity index (χ3v) is 2.17. The van der Waals surface area contributed by atoms with E-state index in [0.717, 1.165) is 6.42 Å². The van der Waals surface area contributed by atoms with Crippen LogP contribution in [0.4, 0.5) is 4.79 Å². The molecule has 0 aromatic carbocycles. The van der Waals surface area contributed by atoms with Gasteiger partial charge in [-0.3, -0.25) is 4.79 Å². The van der Waals surface area contributed by atoms with Crippen molar-refractivity contribution in [2.45, 2.75) is 33.2 Å². The van der Waals surface area contributed by atoms with Crippen molar-refractivity contribution in [3.8, 4) is 0 Å². The van der Waals surface area contributed by atoms with Crippen LogP contribution in [-0.4, -0.2) is 53.1 Å². The van der Waals surface area contributed by atoms with Gasteiger partial charge in [-0.15, -0.1) is 0 Å². The number of hydrogen-bond acceptors (Lipinski definition) is 2. The summed E-state index contributed by atoms with van der Waals surface area (Å²) < 4.78 is 0. The first-order valence-corrected chi connectivity index (χ1v) is 5.13. The second kappa shape index (κ2) is 6.27. The van der Waals surface area contributed by atoms with Gasteiger partial charge in [0.2, 0.25) is 0 Å². The first-order valence-electron chi connectivity index (χ1n) is 5.13. The zero-order valence-electron chi connectivity index (χ0n) is 9.86. The number of hydrogen-bond donors (Lipinski definition) is 1. The summed E-state index contributed by atoms with van der Waals surface area (Å²) in [4.78, 5) is 25.3. The maximum atomic E-state index is 11.8. The van der Waals surface area contributed by atoms with Crippen molar-refractivity contribution in [3.05, 3.63) is 0 Å². The largest absolute Gasteiger partial charge is 0.480 e. The summed E-state index contributed by atoms with van der Waals surface area (Å²) in [7, 11) is 1.68. The van der Waals surface area contributed by atoms with Crippen LogP contribution >= 0.6 is 0 Å². The lowest BCUT2D eigenvalue weighted by atomic mass is 10.3. The molecule has 0 saturated carbocycles. The zero-order chi connectivity index (χ0) is 12.0. The highest BCUT2D eigenvalue weighted by Crippen LogP contribution is 2.02. The molecule has 0 aromatic rings. The number of rotatable bonds is 5. The van der Waals surface area contributed by atoms with Gasteiger partial charge >= 0.3 is 12.0 Å². The summed E-state index contributed by atoms with van der Waals surface area (Å²) in [6, 6.07) is -0.153. The van der Waals surface area contributed by atoms with Crippen LogP contribution < -0.4 is 0 Å². The van der Waals surface area contributed by atoms with Gasteiger partial charge in [-0.25, -0.2) is 4.79 Å². The first-order chi connectivity index (χ1) is 6.90. The summed E-state index contributed by atoms with van der Waals surface area (Å²) in [5.74, 6) is -0.978. The van der Waals surface area contributed by atoms with E-state index in [9.17, 15) is 9.59 Å². The van der Waals surface area contributed by atoms with E-state index in [1.54, 1.807) is 11.9 Å². The van der Waals surface area contributed by atoms with Gasteiger partial charge in [0, 0.05) is 19.6 Å². The predicted molar refractivity (Wildman–Crippen MR) is 57.8 cm³/mol. The van der Waals surface area contributed by atoms with Gasteiger partial charge < -0.3 is 14.9 Å². The summed E-state index contributed by atoms with van der Waals surface area (Å²) in [5.41, 5.74) is 0. The Bertz CT molecular complexity index is 229. The molecular formula is C10H20N2O3.